The number of hydrogen-bond acceptors (Lipinski definition) is 10. The Labute approximate surface area is 183 Å². The number of nitrogens with one attached hydrogen (secondary N) is 4. The van der Waals surface area contributed by atoms with E-state index >= 15 is 0 Å². The summed E-state index contributed by atoms with van der Waals surface area (Å²) < 4.78 is 1.72. The van der Waals surface area contributed by atoms with Crippen molar-refractivity contribution in [1.82, 2.24) is 40.4 Å². The van der Waals surface area contributed by atoms with E-state index in [1.54, 1.807) is 11.7 Å². The number of nitrogens with zero attached hydrogens (tertiary/aromatic N) is 8. The zero-order valence-electron chi connectivity index (χ0n) is 17.6. The maximum atomic E-state index is 9.33. The van der Waals surface area contributed by atoms with Crippen LogP contribution in [0.15, 0.2) is 42.9 Å². The summed E-state index contributed by atoms with van der Waals surface area (Å²) >= 11 is 0. The zero-order chi connectivity index (χ0) is 22.5. The number of aryl methyl sites for hydroxylation is 2. The summed E-state index contributed by atoms with van der Waals surface area (Å²) in [7, 11) is 1.80. The zero-order valence-corrected chi connectivity index (χ0v) is 17.6. The monoisotopic (exact) mass is 428 g/mol. The standard InChI is InChI=1S/C20H20N12/c1-12-4-5-15(23-10-14(9-21)20-27-30-31-28-20)7-16(12)26-19-6-13(2)29-32(19)18-8-17(22-3)24-11-25-18/h4-8,10-11,23,26H,1-3H3,(H,22,24,25)(H,27,28,30,31). The smallest absolute Gasteiger partial charge is 0.216 e. The Bertz CT molecular complexity index is 1300. The van der Waals surface area contributed by atoms with Crippen LogP contribution in [0.5, 0.6) is 0 Å². The molecule has 0 aliphatic carbocycles. The van der Waals surface area contributed by atoms with Gasteiger partial charge in [0.1, 0.15) is 29.6 Å². The first kappa shape index (κ1) is 20.5. The quantitative estimate of drug-likeness (QED) is 0.322. The fourth-order valence-corrected chi connectivity index (χ4v) is 2.93. The molecule has 12 nitrogen and oxygen atoms in total. The summed E-state index contributed by atoms with van der Waals surface area (Å²) in [5.74, 6) is 2.30. The number of tetrazole rings is 1. The van der Waals surface area contributed by atoms with Gasteiger partial charge in [0, 0.05) is 36.8 Å². The maximum Gasteiger partial charge on any atom is 0.216 e. The Hall–Kier alpha value is -4.79. The lowest BCUT2D eigenvalue weighted by molar-refractivity contribution is 0.833. The Balaban J connectivity index is 1.61. The lowest BCUT2D eigenvalue weighted by Crippen LogP contribution is -2.06. The minimum Gasteiger partial charge on any atom is -0.373 e. The highest BCUT2D eigenvalue weighted by Crippen LogP contribution is 2.26. The van der Waals surface area contributed by atoms with Crippen LogP contribution in [0.3, 0.4) is 0 Å². The van der Waals surface area contributed by atoms with Gasteiger partial charge >= 0.3 is 0 Å². The SMILES string of the molecule is CNc1cc(-n2nc(C)cc2Nc2cc(NC=C(C#N)c3nn[nH]n3)ccc2C)ncn1. The molecule has 4 N–H and O–H groups in total. The van der Waals surface area contributed by atoms with E-state index in [0.717, 1.165) is 28.5 Å². The minimum atomic E-state index is 0.218. The van der Waals surface area contributed by atoms with Crippen molar-refractivity contribution >= 4 is 28.6 Å². The van der Waals surface area contributed by atoms with Gasteiger partial charge in [0.15, 0.2) is 5.82 Å². The van der Waals surface area contributed by atoms with E-state index in [0.29, 0.717) is 11.6 Å². The van der Waals surface area contributed by atoms with Crippen molar-refractivity contribution in [1.29, 1.82) is 5.26 Å². The van der Waals surface area contributed by atoms with Gasteiger partial charge in [-0.2, -0.15) is 20.3 Å². The molecule has 0 aliphatic heterocycles. The molecule has 4 aromatic rings. The highest BCUT2D eigenvalue weighted by atomic mass is 15.5. The van der Waals surface area contributed by atoms with Gasteiger partial charge in [0.05, 0.1) is 5.69 Å². The van der Waals surface area contributed by atoms with E-state index in [4.69, 9.17) is 0 Å². The highest BCUT2D eigenvalue weighted by Gasteiger charge is 2.12. The first-order chi connectivity index (χ1) is 15.6. The molecule has 0 saturated heterocycles. The van der Waals surface area contributed by atoms with Crippen LogP contribution >= 0.6 is 0 Å². The van der Waals surface area contributed by atoms with Crippen LogP contribution < -0.4 is 16.0 Å². The topological polar surface area (TPSA) is 158 Å². The molecule has 0 fully saturated rings. The minimum absolute atomic E-state index is 0.218. The molecule has 0 amide bonds. The molecule has 0 aliphatic rings. The third-order valence-electron chi connectivity index (χ3n) is 4.55. The number of aromatic amines is 1. The summed E-state index contributed by atoms with van der Waals surface area (Å²) in [6, 6.07) is 11.6. The van der Waals surface area contributed by atoms with Crippen molar-refractivity contribution in [2.45, 2.75) is 13.8 Å². The predicted octanol–water partition coefficient (Wildman–Crippen LogP) is 2.55. The second kappa shape index (κ2) is 8.92. The third-order valence-corrected chi connectivity index (χ3v) is 4.55. The van der Waals surface area contributed by atoms with Gasteiger partial charge in [0.2, 0.25) is 5.82 Å². The van der Waals surface area contributed by atoms with Gasteiger partial charge in [-0.15, -0.1) is 10.2 Å². The summed E-state index contributed by atoms with van der Waals surface area (Å²) in [6.45, 7) is 3.91. The number of nitriles is 1. The summed E-state index contributed by atoms with van der Waals surface area (Å²) in [5, 5.41) is 36.9. The van der Waals surface area contributed by atoms with Crippen LogP contribution in [-0.4, -0.2) is 47.4 Å². The average molecular weight is 428 g/mol. The second-order valence-corrected chi connectivity index (χ2v) is 6.80. The number of benzene rings is 1. The Morgan fingerprint density at radius 2 is 2.06 bits per heavy atom. The van der Waals surface area contributed by atoms with Crippen molar-refractivity contribution in [2.24, 2.45) is 0 Å². The summed E-state index contributed by atoms with van der Waals surface area (Å²) in [6.07, 6.45) is 3.02. The van der Waals surface area contributed by atoms with Crippen LogP contribution in [0.2, 0.25) is 0 Å². The Morgan fingerprint density at radius 3 is 2.81 bits per heavy atom. The van der Waals surface area contributed by atoms with Gasteiger partial charge in [0.25, 0.3) is 0 Å². The van der Waals surface area contributed by atoms with E-state index in [1.165, 1.54) is 12.5 Å². The molecule has 12 heteroatoms. The number of allylic oxidation sites excluding steroid dienone is 1. The van der Waals surface area contributed by atoms with Crippen molar-refractivity contribution in [2.75, 3.05) is 23.0 Å². The molecule has 4 rings (SSSR count). The molecule has 0 atom stereocenters. The molecule has 160 valence electrons. The maximum absolute atomic E-state index is 9.33. The molecular formula is C20H20N12. The molecule has 3 heterocycles. The number of hydrogen-bond donors (Lipinski definition) is 4. The molecule has 32 heavy (non-hydrogen) atoms. The van der Waals surface area contributed by atoms with Crippen molar-refractivity contribution in [3.8, 4) is 11.9 Å². The Kier molecular flexibility index (Phi) is 5.71. The molecule has 1 aromatic carbocycles. The number of aromatic nitrogens is 8. The number of rotatable bonds is 7. The number of H-pyrrole nitrogens is 1. The van der Waals surface area contributed by atoms with E-state index in [2.05, 4.69) is 51.6 Å². The molecular weight excluding hydrogens is 408 g/mol. The molecule has 0 unspecified atom stereocenters. The van der Waals surface area contributed by atoms with E-state index in [9.17, 15) is 5.26 Å². The fourth-order valence-electron chi connectivity index (χ4n) is 2.93. The first-order valence-corrected chi connectivity index (χ1v) is 9.62. The lowest BCUT2D eigenvalue weighted by Gasteiger charge is -2.13. The van der Waals surface area contributed by atoms with Crippen molar-refractivity contribution in [3.05, 3.63) is 59.9 Å². The average Bonchev–Trinajstić information content (AvgIpc) is 3.46. The molecule has 0 spiro atoms. The molecule has 3 aromatic heterocycles. The normalized spacial score (nSPS) is 11.1. The van der Waals surface area contributed by atoms with Crippen LogP contribution in [0.4, 0.5) is 23.0 Å². The lowest BCUT2D eigenvalue weighted by atomic mass is 10.1. The summed E-state index contributed by atoms with van der Waals surface area (Å²) in [5.41, 5.74) is 3.77. The molecule has 0 bridgehead atoms. The van der Waals surface area contributed by atoms with E-state index in [-0.39, 0.29) is 11.4 Å². The fraction of sp³-hybridized carbons (Fsp3) is 0.150. The molecule has 0 radical (unpaired) electrons. The largest absolute Gasteiger partial charge is 0.373 e. The number of anilines is 4. The van der Waals surface area contributed by atoms with Crippen LogP contribution in [0, 0.1) is 25.2 Å². The van der Waals surface area contributed by atoms with Crippen molar-refractivity contribution in [3.63, 3.8) is 0 Å². The summed E-state index contributed by atoms with van der Waals surface area (Å²) in [4.78, 5) is 8.49. The second-order valence-electron chi connectivity index (χ2n) is 6.80. The van der Waals surface area contributed by atoms with Crippen LogP contribution in [0.1, 0.15) is 17.1 Å². The van der Waals surface area contributed by atoms with Crippen LogP contribution in [0.25, 0.3) is 11.4 Å². The third kappa shape index (κ3) is 4.36. The van der Waals surface area contributed by atoms with Gasteiger partial charge in [-0.25, -0.2) is 9.97 Å². The predicted molar refractivity (Wildman–Crippen MR) is 119 cm³/mol. The van der Waals surface area contributed by atoms with Gasteiger partial charge in [-0.05, 0) is 36.8 Å². The highest BCUT2D eigenvalue weighted by molar-refractivity contribution is 5.75. The first-order valence-electron chi connectivity index (χ1n) is 9.62. The van der Waals surface area contributed by atoms with Crippen molar-refractivity contribution < 1.29 is 0 Å². The van der Waals surface area contributed by atoms with Gasteiger partial charge in [-0.1, -0.05) is 6.07 Å². The van der Waals surface area contributed by atoms with E-state index in [1.807, 2.05) is 50.2 Å². The Morgan fingerprint density at radius 1 is 1.19 bits per heavy atom. The van der Waals surface area contributed by atoms with E-state index < -0.39 is 0 Å². The molecule has 0 saturated carbocycles. The van der Waals surface area contributed by atoms with Gasteiger partial charge in [-0.3, -0.25) is 0 Å². The van der Waals surface area contributed by atoms with Crippen LogP contribution in [-0.2, 0) is 0 Å². The van der Waals surface area contributed by atoms with Gasteiger partial charge < -0.3 is 16.0 Å².